The average molecular weight is 465 g/mol. The summed E-state index contributed by atoms with van der Waals surface area (Å²) in [7, 11) is 0. The standard InChI is InChI=1S/C23H21F2N7O2/c1-14(26)15-6-8-16(9-7-15)34-23-29-21(31-10-12-33-13-11-31)28-22(30-23)32-18-5-3-2-4-17(18)27-20(32)19(24)25/h2-9,19H,1,10-13,26H2. The van der Waals surface area contributed by atoms with Crippen LogP contribution in [0.2, 0.25) is 0 Å². The molecule has 1 saturated heterocycles. The molecule has 0 atom stereocenters. The Morgan fingerprint density at radius 3 is 2.38 bits per heavy atom. The molecule has 4 aromatic rings. The molecule has 34 heavy (non-hydrogen) atoms. The van der Waals surface area contributed by atoms with Crippen LogP contribution >= 0.6 is 0 Å². The molecule has 1 aliphatic rings. The fourth-order valence-corrected chi connectivity index (χ4v) is 3.63. The van der Waals surface area contributed by atoms with Crippen LogP contribution in [0.4, 0.5) is 14.7 Å². The lowest BCUT2D eigenvalue weighted by atomic mass is 10.2. The quantitative estimate of drug-likeness (QED) is 0.460. The Bertz CT molecular complexity index is 1340. The summed E-state index contributed by atoms with van der Waals surface area (Å²) in [5, 5.41) is 0. The third-order valence-electron chi connectivity index (χ3n) is 5.30. The minimum atomic E-state index is -2.84. The van der Waals surface area contributed by atoms with Gasteiger partial charge in [0.1, 0.15) is 5.75 Å². The van der Waals surface area contributed by atoms with E-state index in [9.17, 15) is 8.78 Å². The van der Waals surface area contributed by atoms with Gasteiger partial charge in [-0.2, -0.15) is 15.0 Å². The number of morpholine rings is 1. The van der Waals surface area contributed by atoms with Gasteiger partial charge in [0.2, 0.25) is 11.9 Å². The van der Waals surface area contributed by atoms with Crippen molar-refractivity contribution in [3.05, 3.63) is 66.5 Å². The molecule has 1 fully saturated rings. The molecule has 2 N–H and O–H groups in total. The fraction of sp³-hybridized carbons (Fsp3) is 0.217. The summed E-state index contributed by atoms with van der Waals surface area (Å²) in [5.74, 6) is 0.271. The Balaban J connectivity index is 1.62. The molecule has 2 aromatic carbocycles. The minimum Gasteiger partial charge on any atom is -0.424 e. The molecular weight excluding hydrogens is 444 g/mol. The van der Waals surface area contributed by atoms with Gasteiger partial charge < -0.3 is 20.1 Å². The van der Waals surface area contributed by atoms with Crippen LogP contribution in [-0.4, -0.2) is 50.8 Å². The zero-order valence-electron chi connectivity index (χ0n) is 18.1. The zero-order valence-corrected chi connectivity index (χ0v) is 18.1. The molecule has 2 aromatic heterocycles. The normalized spacial score (nSPS) is 14.0. The number of aromatic nitrogens is 5. The number of para-hydroxylation sites is 2. The first-order chi connectivity index (χ1) is 16.5. The van der Waals surface area contributed by atoms with Gasteiger partial charge in [-0.1, -0.05) is 18.7 Å². The number of alkyl halides is 2. The SMILES string of the molecule is C=C(N)c1ccc(Oc2nc(N3CCOCC3)nc(-n3c(C(F)F)nc4ccccc43)n2)cc1. The van der Waals surface area contributed by atoms with Crippen molar-refractivity contribution >= 4 is 22.7 Å². The number of hydrogen-bond acceptors (Lipinski definition) is 8. The number of nitrogens with zero attached hydrogens (tertiary/aromatic N) is 6. The molecule has 11 heteroatoms. The maximum Gasteiger partial charge on any atom is 0.328 e. The second-order valence-electron chi connectivity index (χ2n) is 7.56. The molecule has 0 aliphatic carbocycles. The largest absolute Gasteiger partial charge is 0.424 e. The number of fused-ring (bicyclic) bond motifs is 1. The predicted octanol–water partition coefficient (Wildman–Crippen LogP) is 3.71. The van der Waals surface area contributed by atoms with E-state index in [1.807, 2.05) is 4.90 Å². The first-order valence-electron chi connectivity index (χ1n) is 10.6. The molecule has 0 amide bonds. The van der Waals surface area contributed by atoms with Crippen molar-refractivity contribution in [3.63, 3.8) is 0 Å². The zero-order chi connectivity index (χ0) is 23.7. The van der Waals surface area contributed by atoms with Gasteiger partial charge in [0, 0.05) is 18.8 Å². The summed E-state index contributed by atoms with van der Waals surface area (Å²) in [4.78, 5) is 19.3. The maximum absolute atomic E-state index is 13.9. The van der Waals surface area contributed by atoms with Gasteiger partial charge in [-0.15, -0.1) is 0 Å². The topological polar surface area (TPSA) is 104 Å². The maximum atomic E-state index is 13.9. The lowest BCUT2D eigenvalue weighted by molar-refractivity contribution is 0.122. The Morgan fingerprint density at radius 2 is 1.68 bits per heavy atom. The number of benzene rings is 2. The van der Waals surface area contributed by atoms with Gasteiger partial charge in [0.25, 0.3) is 6.43 Å². The van der Waals surface area contributed by atoms with Crippen LogP contribution in [0, 0.1) is 0 Å². The number of ether oxygens (including phenoxy) is 2. The highest BCUT2D eigenvalue weighted by molar-refractivity contribution is 5.77. The molecule has 9 nitrogen and oxygen atoms in total. The van der Waals surface area contributed by atoms with Crippen LogP contribution < -0.4 is 15.4 Å². The summed E-state index contributed by atoms with van der Waals surface area (Å²) >= 11 is 0. The van der Waals surface area contributed by atoms with E-state index in [-0.39, 0.29) is 12.0 Å². The Labute approximate surface area is 193 Å². The number of hydrogen-bond donors (Lipinski definition) is 1. The first-order valence-corrected chi connectivity index (χ1v) is 10.6. The molecule has 174 valence electrons. The van der Waals surface area contributed by atoms with Gasteiger partial charge in [0.05, 0.1) is 24.2 Å². The molecule has 0 unspecified atom stereocenters. The van der Waals surface area contributed by atoms with Crippen molar-refractivity contribution in [1.82, 2.24) is 24.5 Å². The van der Waals surface area contributed by atoms with Crippen LogP contribution in [0.3, 0.4) is 0 Å². The van der Waals surface area contributed by atoms with Crippen LogP contribution in [0.5, 0.6) is 11.8 Å². The summed E-state index contributed by atoms with van der Waals surface area (Å²) < 4.78 is 40.4. The van der Waals surface area contributed by atoms with E-state index in [1.54, 1.807) is 48.5 Å². The Morgan fingerprint density at radius 1 is 0.971 bits per heavy atom. The third kappa shape index (κ3) is 4.25. The van der Waals surface area contributed by atoms with E-state index >= 15 is 0 Å². The van der Waals surface area contributed by atoms with E-state index in [4.69, 9.17) is 15.2 Å². The van der Waals surface area contributed by atoms with Crippen molar-refractivity contribution in [2.24, 2.45) is 5.73 Å². The molecular formula is C23H21F2N7O2. The molecule has 0 bridgehead atoms. The molecule has 1 aliphatic heterocycles. The average Bonchev–Trinajstić information content (AvgIpc) is 3.25. The van der Waals surface area contributed by atoms with Gasteiger partial charge in [-0.25, -0.2) is 13.8 Å². The molecule has 5 rings (SSSR count). The number of rotatable bonds is 6. The van der Waals surface area contributed by atoms with Crippen LogP contribution in [0.1, 0.15) is 17.8 Å². The minimum absolute atomic E-state index is 0.0116. The highest BCUT2D eigenvalue weighted by Crippen LogP contribution is 2.29. The monoisotopic (exact) mass is 465 g/mol. The smallest absolute Gasteiger partial charge is 0.328 e. The van der Waals surface area contributed by atoms with E-state index < -0.39 is 12.2 Å². The van der Waals surface area contributed by atoms with Crippen LogP contribution in [-0.2, 0) is 4.74 Å². The molecule has 0 saturated carbocycles. The third-order valence-corrected chi connectivity index (χ3v) is 5.30. The lowest BCUT2D eigenvalue weighted by Gasteiger charge is -2.27. The molecule has 3 heterocycles. The van der Waals surface area contributed by atoms with E-state index in [1.165, 1.54) is 4.57 Å². The van der Waals surface area contributed by atoms with Gasteiger partial charge >= 0.3 is 6.01 Å². The van der Waals surface area contributed by atoms with Crippen molar-refractivity contribution in [2.75, 3.05) is 31.2 Å². The predicted molar refractivity (Wildman–Crippen MR) is 122 cm³/mol. The van der Waals surface area contributed by atoms with Crippen LogP contribution in [0.15, 0.2) is 55.1 Å². The van der Waals surface area contributed by atoms with Crippen molar-refractivity contribution < 1.29 is 18.3 Å². The summed E-state index contributed by atoms with van der Waals surface area (Å²) in [6.45, 7) is 5.79. The van der Waals surface area contributed by atoms with Crippen molar-refractivity contribution in [3.8, 4) is 17.7 Å². The first kappa shape index (κ1) is 21.7. The van der Waals surface area contributed by atoms with Gasteiger partial charge in [-0.3, -0.25) is 4.57 Å². The second-order valence-corrected chi connectivity index (χ2v) is 7.56. The van der Waals surface area contributed by atoms with Crippen LogP contribution in [0.25, 0.3) is 22.7 Å². The molecule has 0 radical (unpaired) electrons. The number of halogens is 2. The summed E-state index contributed by atoms with van der Waals surface area (Å²) in [6.07, 6.45) is -2.84. The summed E-state index contributed by atoms with van der Waals surface area (Å²) in [6, 6.07) is 13.7. The molecule has 0 spiro atoms. The lowest BCUT2D eigenvalue weighted by Crippen LogP contribution is -2.37. The number of imidazole rings is 1. The highest BCUT2D eigenvalue weighted by atomic mass is 19.3. The summed E-state index contributed by atoms with van der Waals surface area (Å²) in [5.41, 5.74) is 7.76. The van der Waals surface area contributed by atoms with Gasteiger partial charge in [-0.05, 0) is 42.0 Å². The van der Waals surface area contributed by atoms with Gasteiger partial charge in [0.15, 0.2) is 5.82 Å². The fourth-order valence-electron chi connectivity index (χ4n) is 3.63. The van der Waals surface area contributed by atoms with E-state index in [2.05, 4.69) is 26.5 Å². The van der Waals surface area contributed by atoms with Crippen molar-refractivity contribution in [1.29, 1.82) is 0 Å². The Hall–Kier alpha value is -4.12. The highest BCUT2D eigenvalue weighted by Gasteiger charge is 2.24. The van der Waals surface area contributed by atoms with E-state index in [0.717, 1.165) is 5.56 Å². The number of nitrogens with two attached hydrogens (primary N) is 1. The second kappa shape index (κ2) is 9.02. The Kier molecular flexibility index (Phi) is 5.76. The van der Waals surface area contributed by atoms with Crippen molar-refractivity contribution in [2.45, 2.75) is 6.43 Å². The number of anilines is 1. The van der Waals surface area contributed by atoms with E-state index in [0.29, 0.717) is 54.7 Å².